The zero-order valence-corrected chi connectivity index (χ0v) is 11.7. The smallest absolute Gasteiger partial charge is 0.169 e. The Bertz CT molecular complexity index is 365. The van der Waals surface area contributed by atoms with Gasteiger partial charge in [0.1, 0.15) is 0 Å². The minimum atomic E-state index is -0.480. The van der Waals surface area contributed by atoms with Crippen LogP contribution < -0.4 is 0 Å². The van der Waals surface area contributed by atoms with E-state index in [0.717, 1.165) is 12.0 Å². The quantitative estimate of drug-likeness (QED) is 0.539. The molecule has 1 nitrogen and oxygen atoms in total. The van der Waals surface area contributed by atoms with E-state index in [0.29, 0.717) is 5.88 Å². The number of carbonyl (C=O) groups excluding carboxylic acids is 1. The van der Waals surface area contributed by atoms with Crippen LogP contribution in [-0.2, 0) is 6.42 Å². The molecule has 2 heteroatoms. The van der Waals surface area contributed by atoms with E-state index < -0.39 is 5.41 Å². The highest BCUT2D eigenvalue weighted by Gasteiger charge is 2.27. The Morgan fingerprint density at radius 3 is 2.29 bits per heavy atom. The summed E-state index contributed by atoms with van der Waals surface area (Å²) in [5.41, 5.74) is 1.58. The first-order chi connectivity index (χ1) is 8.01. The lowest BCUT2D eigenvalue weighted by molar-refractivity contribution is 0.0862. The molecule has 0 atom stereocenters. The van der Waals surface area contributed by atoms with Gasteiger partial charge in [0.15, 0.2) is 5.78 Å². The molecule has 0 saturated heterocycles. The van der Waals surface area contributed by atoms with Gasteiger partial charge in [-0.2, -0.15) is 0 Å². The van der Waals surface area contributed by atoms with Crippen molar-refractivity contribution >= 4 is 17.4 Å². The second-order valence-corrected chi connectivity index (χ2v) is 5.41. The van der Waals surface area contributed by atoms with Crippen LogP contribution in [0.5, 0.6) is 0 Å². The molecule has 0 aliphatic heterocycles. The van der Waals surface area contributed by atoms with Crippen LogP contribution in [0.25, 0.3) is 0 Å². The van der Waals surface area contributed by atoms with Crippen LogP contribution in [0.3, 0.4) is 0 Å². The number of halogens is 1. The van der Waals surface area contributed by atoms with Gasteiger partial charge >= 0.3 is 0 Å². The molecule has 94 valence electrons. The molecule has 0 aliphatic carbocycles. The van der Waals surface area contributed by atoms with Crippen LogP contribution >= 0.6 is 11.6 Å². The zero-order chi connectivity index (χ0) is 12.9. The molecule has 0 heterocycles. The molecule has 0 aromatic heterocycles. The molecule has 0 N–H and O–H groups in total. The number of unbranched alkanes of at least 4 members (excludes halogenated alkanes) is 1. The third-order valence-electron chi connectivity index (χ3n) is 2.98. The number of benzene rings is 1. The SMILES string of the molecule is CCCCc1ccc(C(=O)C(C)(C)CCl)cc1. The van der Waals surface area contributed by atoms with Gasteiger partial charge in [0.2, 0.25) is 0 Å². The van der Waals surface area contributed by atoms with E-state index in [1.54, 1.807) is 0 Å². The molecule has 0 amide bonds. The number of aryl methyl sites for hydroxylation is 1. The molecule has 0 bridgehead atoms. The summed E-state index contributed by atoms with van der Waals surface area (Å²) >= 11 is 5.82. The number of hydrogen-bond donors (Lipinski definition) is 0. The summed E-state index contributed by atoms with van der Waals surface area (Å²) < 4.78 is 0. The molecule has 1 aromatic rings. The van der Waals surface area contributed by atoms with Crippen LogP contribution in [0.2, 0.25) is 0 Å². The fraction of sp³-hybridized carbons (Fsp3) is 0.533. The Labute approximate surface area is 109 Å². The summed E-state index contributed by atoms with van der Waals surface area (Å²) in [6, 6.07) is 7.93. The Morgan fingerprint density at radius 1 is 1.24 bits per heavy atom. The molecule has 0 unspecified atom stereocenters. The second kappa shape index (κ2) is 6.20. The molecule has 1 rings (SSSR count). The Kier molecular flexibility index (Phi) is 5.20. The lowest BCUT2D eigenvalue weighted by Crippen LogP contribution is -2.26. The van der Waals surface area contributed by atoms with E-state index in [2.05, 4.69) is 6.92 Å². The first kappa shape index (κ1) is 14.2. The third-order valence-corrected chi connectivity index (χ3v) is 3.65. The molecule has 0 saturated carbocycles. The van der Waals surface area contributed by atoms with Crippen molar-refractivity contribution in [3.63, 3.8) is 0 Å². The summed E-state index contributed by atoms with van der Waals surface area (Å²) in [6.45, 7) is 5.95. The minimum Gasteiger partial charge on any atom is -0.294 e. The molecule has 0 radical (unpaired) electrons. The maximum absolute atomic E-state index is 12.1. The molecule has 1 aromatic carbocycles. The monoisotopic (exact) mass is 252 g/mol. The highest BCUT2D eigenvalue weighted by Crippen LogP contribution is 2.23. The van der Waals surface area contributed by atoms with Crippen molar-refractivity contribution < 1.29 is 4.79 Å². The van der Waals surface area contributed by atoms with Gasteiger partial charge in [-0.3, -0.25) is 4.79 Å². The van der Waals surface area contributed by atoms with E-state index in [4.69, 9.17) is 11.6 Å². The van der Waals surface area contributed by atoms with Crippen molar-refractivity contribution in [2.24, 2.45) is 5.41 Å². The van der Waals surface area contributed by atoms with Crippen molar-refractivity contribution in [2.45, 2.75) is 40.0 Å². The molecular weight excluding hydrogens is 232 g/mol. The summed E-state index contributed by atoms with van der Waals surface area (Å²) in [5.74, 6) is 0.471. The van der Waals surface area contributed by atoms with E-state index in [1.807, 2.05) is 38.1 Å². The lowest BCUT2D eigenvalue weighted by Gasteiger charge is -2.19. The Hall–Kier alpha value is -0.820. The van der Waals surface area contributed by atoms with Crippen LogP contribution in [0.15, 0.2) is 24.3 Å². The van der Waals surface area contributed by atoms with Gasteiger partial charge in [-0.1, -0.05) is 51.5 Å². The summed E-state index contributed by atoms with van der Waals surface area (Å²) in [6.07, 6.45) is 3.48. The van der Waals surface area contributed by atoms with E-state index in [-0.39, 0.29) is 5.78 Å². The summed E-state index contributed by atoms with van der Waals surface area (Å²) in [4.78, 5) is 12.1. The Balaban J connectivity index is 2.77. The molecule has 0 spiro atoms. The predicted molar refractivity (Wildman–Crippen MR) is 73.9 cm³/mol. The van der Waals surface area contributed by atoms with Gasteiger partial charge in [0.05, 0.1) is 0 Å². The van der Waals surface area contributed by atoms with Gasteiger partial charge in [-0.05, 0) is 18.4 Å². The maximum Gasteiger partial charge on any atom is 0.169 e. The lowest BCUT2D eigenvalue weighted by atomic mass is 9.86. The fourth-order valence-corrected chi connectivity index (χ4v) is 1.78. The predicted octanol–water partition coefficient (Wildman–Crippen LogP) is 4.48. The van der Waals surface area contributed by atoms with Gasteiger partial charge in [0, 0.05) is 16.9 Å². The summed E-state index contributed by atoms with van der Waals surface area (Å²) in [5, 5.41) is 0. The highest BCUT2D eigenvalue weighted by atomic mass is 35.5. The fourth-order valence-electron chi connectivity index (χ4n) is 1.66. The van der Waals surface area contributed by atoms with Gasteiger partial charge in [0.25, 0.3) is 0 Å². The number of ketones is 1. The number of Topliss-reactive ketones (excluding diaryl/α,β-unsaturated/α-hetero) is 1. The highest BCUT2D eigenvalue weighted by molar-refractivity contribution is 6.20. The normalized spacial score (nSPS) is 11.5. The van der Waals surface area contributed by atoms with E-state index >= 15 is 0 Å². The van der Waals surface area contributed by atoms with Crippen molar-refractivity contribution in [3.8, 4) is 0 Å². The first-order valence-electron chi connectivity index (χ1n) is 6.21. The van der Waals surface area contributed by atoms with Crippen molar-refractivity contribution in [3.05, 3.63) is 35.4 Å². The van der Waals surface area contributed by atoms with Gasteiger partial charge < -0.3 is 0 Å². The van der Waals surface area contributed by atoms with Crippen LogP contribution in [0.4, 0.5) is 0 Å². The number of hydrogen-bond acceptors (Lipinski definition) is 1. The average Bonchev–Trinajstić information content (AvgIpc) is 2.36. The number of carbonyl (C=O) groups is 1. The number of rotatable bonds is 6. The molecular formula is C15H21ClO. The van der Waals surface area contributed by atoms with Crippen molar-refractivity contribution in [2.75, 3.05) is 5.88 Å². The van der Waals surface area contributed by atoms with Crippen LogP contribution in [0, 0.1) is 5.41 Å². The Morgan fingerprint density at radius 2 is 1.82 bits per heavy atom. The third kappa shape index (κ3) is 3.85. The van der Waals surface area contributed by atoms with Gasteiger partial charge in [-0.25, -0.2) is 0 Å². The molecule has 0 aliphatic rings. The largest absolute Gasteiger partial charge is 0.294 e. The maximum atomic E-state index is 12.1. The second-order valence-electron chi connectivity index (χ2n) is 5.15. The molecule has 17 heavy (non-hydrogen) atoms. The van der Waals surface area contributed by atoms with Crippen LogP contribution in [0.1, 0.15) is 49.5 Å². The summed E-state index contributed by atoms with van der Waals surface area (Å²) in [7, 11) is 0. The van der Waals surface area contributed by atoms with Gasteiger partial charge in [-0.15, -0.1) is 11.6 Å². The minimum absolute atomic E-state index is 0.120. The topological polar surface area (TPSA) is 17.1 Å². The standard InChI is InChI=1S/C15H21ClO/c1-4-5-6-12-7-9-13(10-8-12)14(17)15(2,3)11-16/h7-10H,4-6,11H2,1-3H3. The van der Waals surface area contributed by atoms with Crippen molar-refractivity contribution in [1.29, 1.82) is 0 Å². The first-order valence-corrected chi connectivity index (χ1v) is 6.74. The average molecular weight is 253 g/mol. The van der Waals surface area contributed by atoms with E-state index in [1.165, 1.54) is 18.4 Å². The van der Waals surface area contributed by atoms with Crippen molar-refractivity contribution in [1.82, 2.24) is 0 Å². The van der Waals surface area contributed by atoms with Crippen LogP contribution in [-0.4, -0.2) is 11.7 Å². The number of alkyl halides is 1. The molecule has 0 fully saturated rings. The zero-order valence-electron chi connectivity index (χ0n) is 10.9. The van der Waals surface area contributed by atoms with E-state index in [9.17, 15) is 4.79 Å².